The Labute approximate surface area is 107 Å². The van der Waals surface area contributed by atoms with Gasteiger partial charge < -0.3 is 8.92 Å². The van der Waals surface area contributed by atoms with E-state index in [1.54, 1.807) is 12.1 Å². The number of rotatable bonds is 5. The highest BCUT2D eigenvalue weighted by Gasteiger charge is 2.03. The first-order valence-corrected chi connectivity index (χ1v) is 6.54. The standard InChI is InChI=1S/C9H11ClO4S.H2S/c1-15(11,12)14-9-4-2-8(3-5-9)13-7-6-10;/h2-5H,6-7H2,1H3;1H2. The molecule has 0 aromatic heterocycles. The molecule has 0 saturated carbocycles. The van der Waals surface area contributed by atoms with E-state index < -0.39 is 10.1 Å². The van der Waals surface area contributed by atoms with Gasteiger partial charge in [0.2, 0.25) is 0 Å². The summed E-state index contributed by atoms with van der Waals surface area (Å²) in [6, 6.07) is 6.27. The monoisotopic (exact) mass is 284 g/mol. The first kappa shape index (κ1) is 15.4. The first-order valence-electron chi connectivity index (χ1n) is 4.19. The minimum atomic E-state index is -3.47. The van der Waals surface area contributed by atoms with Gasteiger partial charge in [-0.15, -0.1) is 11.6 Å². The Morgan fingerprint density at radius 1 is 1.19 bits per heavy atom. The summed E-state index contributed by atoms with van der Waals surface area (Å²) < 4.78 is 31.4. The quantitative estimate of drug-likeness (QED) is 0.611. The van der Waals surface area contributed by atoms with Crippen molar-refractivity contribution in [2.24, 2.45) is 0 Å². The molecular weight excluding hydrogens is 272 g/mol. The summed E-state index contributed by atoms with van der Waals surface area (Å²) in [6.07, 6.45) is 0.991. The zero-order valence-electron chi connectivity index (χ0n) is 8.64. The molecule has 0 atom stereocenters. The van der Waals surface area contributed by atoms with E-state index in [0.29, 0.717) is 18.2 Å². The predicted octanol–water partition coefficient (Wildman–Crippen LogP) is 1.76. The minimum absolute atomic E-state index is 0. The molecule has 0 saturated heterocycles. The van der Waals surface area contributed by atoms with Crippen molar-refractivity contribution in [3.63, 3.8) is 0 Å². The number of hydrogen-bond acceptors (Lipinski definition) is 4. The Balaban J connectivity index is 0.00000225. The molecule has 0 aliphatic heterocycles. The normalized spacial score (nSPS) is 10.4. The van der Waals surface area contributed by atoms with Crippen LogP contribution in [0, 0.1) is 0 Å². The van der Waals surface area contributed by atoms with Gasteiger partial charge in [0.1, 0.15) is 18.1 Å². The lowest BCUT2D eigenvalue weighted by Crippen LogP contribution is -2.05. The van der Waals surface area contributed by atoms with Gasteiger partial charge in [0, 0.05) is 0 Å². The highest BCUT2D eigenvalue weighted by molar-refractivity contribution is 7.86. The topological polar surface area (TPSA) is 52.6 Å². The largest absolute Gasteiger partial charge is 0.492 e. The van der Waals surface area contributed by atoms with Gasteiger partial charge in [-0.1, -0.05) is 0 Å². The second-order valence-electron chi connectivity index (χ2n) is 2.80. The van der Waals surface area contributed by atoms with Gasteiger partial charge in [0.25, 0.3) is 0 Å². The fourth-order valence-corrected chi connectivity index (χ4v) is 1.46. The Bertz CT molecular complexity index is 402. The van der Waals surface area contributed by atoms with Crippen molar-refractivity contribution in [3.8, 4) is 11.5 Å². The van der Waals surface area contributed by atoms with Gasteiger partial charge in [-0.2, -0.15) is 21.9 Å². The third-order valence-corrected chi connectivity index (χ3v) is 2.07. The molecule has 16 heavy (non-hydrogen) atoms. The van der Waals surface area contributed by atoms with Crippen LogP contribution in [0.25, 0.3) is 0 Å². The van der Waals surface area contributed by atoms with E-state index in [2.05, 4.69) is 4.18 Å². The van der Waals surface area contributed by atoms with Crippen LogP contribution in [0.15, 0.2) is 24.3 Å². The second kappa shape index (κ2) is 6.88. The molecule has 1 rings (SSSR count). The highest BCUT2D eigenvalue weighted by atomic mass is 35.5. The maximum absolute atomic E-state index is 10.8. The van der Waals surface area contributed by atoms with Crippen LogP contribution in [0.2, 0.25) is 0 Å². The van der Waals surface area contributed by atoms with E-state index in [0.717, 1.165) is 6.26 Å². The van der Waals surface area contributed by atoms with Crippen molar-refractivity contribution in [3.05, 3.63) is 24.3 Å². The molecule has 1 aromatic carbocycles. The van der Waals surface area contributed by atoms with E-state index in [1.807, 2.05) is 0 Å². The van der Waals surface area contributed by atoms with E-state index in [9.17, 15) is 8.42 Å². The molecular formula is C9H13ClO4S2. The van der Waals surface area contributed by atoms with Crippen LogP contribution >= 0.6 is 25.1 Å². The smallest absolute Gasteiger partial charge is 0.306 e. The maximum Gasteiger partial charge on any atom is 0.306 e. The first-order chi connectivity index (χ1) is 7.01. The number of benzene rings is 1. The van der Waals surface area contributed by atoms with Gasteiger partial charge in [-0.25, -0.2) is 0 Å². The number of ether oxygens (including phenoxy) is 1. The molecule has 4 nitrogen and oxygen atoms in total. The van der Waals surface area contributed by atoms with E-state index in [1.165, 1.54) is 12.1 Å². The average Bonchev–Trinajstić information content (AvgIpc) is 2.14. The summed E-state index contributed by atoms with van der Waals surface area (Å²) in [7, 11) is -3.47. The van der Waals surface area contributed by atoms with Crippen LogP contribution in [0.1, 0.15) is 0 Å². The molecule has 0 fully saturated rings. The molecule has 0 heterocycles. The lowest BCUT2D eigenvalue weighted by molar-refractivity contribution is 0.342. The molecule has 7 heteroatoms. The minimum Gasteiger partial charge on any atom is -0.492 e. The van der Waals surface area contributed by atoms with Crippen molar-refractivity contribution < 1.29 is 17.3 Å². The molecule has 0 N–H and O–H groups in total. The van der Waals surface area contributed by atoms with E-state index >= 15 is 0 Å². The lowest BCUT2D eigenvalue weighted by Gasteiger charge is -2.05. The summed E-state index contributed by atoms with van der Waals surface area (Å²) in [5.41, 5.74) is 0. The van der Waals surface area contributed by atoms with Crippen LogP contribution in [0.5, 0.6) is 11.5 Å². The molecule has 0 radical (unpaired) electrons. The Morgan fingerprint density at radius 3 is 2.12 bits per heavy atom. The van der Waals surface area contributed by atoms with E-state index in [-0.39, 0.29) is 19.2 Å². The summed E-state index contributed by atoms with van der Waals surface area (Å²) in [4.78, 5) is 0. The summed E-state index contributed by atoms with van der Waals surface area (Å²) in [5, 5.41) is 0. The Morgan fingerprint density at radius 2 is 1.69 bits per heavy atom. The predicted molar refractivity (Wildman–Crippen MR) is 68.5 cm³/mol. The summed E-state index contributed by atoms with van der Waals surface area (Å²) in [5.74, 6) is 1.29. The van der Waals surface area contributed by atoms with Gasteiger partial charge in [0.15, 0.2) is 0 Å². The second-order valence-corrected chi connectivity index (χ2v) is 4.75. The third-order valence-electron chi connectivity index (χ3n) is 1.42. The van der Waals surface area contributed by atoms with Crippen molar-refractivity contribution in [2.75, 3.05) is 18.7 Å². The Hall–Kier alpha value is -0.590. The van der Waals surface area contributed by atoms with Crippen LogP contribution in [-0.4, -0.2) is 27.2 Å². The van der Waals surface area contributed by atoms with Crippen molar-refractivity contribution in [1.29, 1.82) is 0 Å². The molecule has 1 aromatic rings. The van der Waals surface area contributed by atoms with Gasteiger partial charge in [0.05, 0.1) is 12.1 Å². The van der Waals surface area contributed by atoms with Gasteiger partial charge >= 0.3 is 10.1 Å². The lowest BCUT2D eigenvalue weighted by atomic mass is 10.3. The molecule has 0 bridgehead atoms. The van der Waals surface area contributed by atoms with Crippen LogP contribution < -0.4 is 8.92 Å². The fourth-order valence-electron chi connectivity index (χ4n) is 0.923. The van der Waals surface area contributed by atoms with Crippen molar-refractivity contribution in [2.45, 2.75) is 0 Å². The van der Waals surface area contributed by atoms with Crippen LogP contribution in [-0.2, 0) is 10.1 Å². The molecule has 0 unspecified atom stereocenters. The van der Waals surface area contributed by atoms with E-state index in [4.69, 9.17) is 16.3 Å². The maximum atomic E-state index is 10.8. The summed E-state index contributed by atoms with van der Waals surface area (Å²) >= 11 is 5.44. The molecule has 92 valence electrons. The zero-order chi connectivity index (χ0) is 11.3. The van der Waals surface area contributed by atoms with Gasteiger partial charge in [-0.3, -0.25) is 0 Å². The number of hydrogen-bond donors (Lipinski definition) is 0. The number of alkyl halides is 1. The summed E-state index contributed by atoms with van der Waals surface area (Å²) in [6.45, 7) is 0.411. The van der Waals surface area contributed by atoms with Crippen molar-refractivity contribution in [1.82, 2.24) is 0 Å². The molecule has 0 amide bonds. The van der Waals surface area contributed by atoms with Crippen molar-refractivity contribution >= 4 is 35.2 Å². The highest BCUT2D eigenvalue weighted by Crippen LogP contribution is 2.18. The van der Waals surface area contributed by atoms with Crippen LogP contribution in [0.4, 0.5) is 0 Å². The van der Waals surface area contributed by atoms with Crippen LogP contribution in [0.3, 0.4) is 0 Å². The zero-order valence-corrected chi connectivity index (χ0v) is 11.2. The fraction of sp³-hybridized carbons (Fsp3) is 0.333. The molecule has 0 aliphatic rings. The Kier molecular flexibility index (Phi) is 6.62. The SMILES string of the molecule is CS(=O)(=O)Oc1ccc(OCCCl)cc1.S. The average molecular weight is 285 g/mol. The number of halogens is 1. The third kappa shape index (κ3) is 6.09. The van der Waals surface area contributed by atoms with Gasteiger partial charge in [-0.05, 0) is 24.3 Å². The molecule has 0 aliphatic carbocycles. The molecule has 0 spiro atoms.